The molecular weight excluding hydrogens is 411 g/mol. The normalized spacial score (nSPS) is 12.0. The predicted molar refractivity (Wildman–Crippen MR) is 104 cm³/mol. The lowest BCUT2D eigenvalue weighted by atomic mass is 10.0. The third-order valence-corrected chi connectivity index (χ3v) is 5.67. The molecule has 2 heterocycles. The molecule has 0 unspecified atom stereocenters. The summed E-state index contributed by atoms with van der Waals surface area (Å²) in [6, 6.07) is 13.5. The molecule has 3 nitrogen and oxygen atoms in total. The van der Waals surface area contributed by atoms with Crippen LogP contribution in [-0.4, -0.2) is 4.98 Å². The highest BCUT2D eigenvalue weighted by Gasteiger charge is 2.31. The number of rotatable bonds is 3. The lowest BCUT2D eigenvalue weighted by Gasteiger charge is -2.10. The predicted octanol–water partition coefficient (Wildman–Crippen LogP) is 6.31. The Morgan fingerprint density at radius 3 is 2.64 bits per heavy atom. The van der Waals surface area contributed by atoms with E-state index < -0.39 is 17.4 Å². The molecule has 28 heavy (non-hydrogen) atoms. The molecule has 2 aromatic heterocycles. The molecule has 0 atom stereocenters. The van der Waals surface area contributed by atoms with Crippen molar-refractivity contribution in [1.29, 1.82) is 0 Å². The van der Waals surface area contributed by atoms with Crippen LogP contribution in [-0.2, 0) is 11.9 Å². The molecule has 142 valence electrons. The molecule has 4 aromatic rings. The zero-order valence-electron chi connectivity index (χ0n) is 14.1. The number of hydrogen-bond acceptors (Lipinski definition) is 4. The molecule has 0 aliphatic heterocycles. The molecule has 0 saturated heterocycles. The van der Waals surface area contributed by atoms with Gasteiger partial charge in [0.15, 0.2) is 0 Å². The van der Waals surface area contributed by atoms with Crippen molar-refractivity contribution in [1.82, 2.24) is 4.98 Å². The first-order valence-corrected chi connectivity index (χ1v) is 9.49. The summed E-state index contributed by atoms with van der Waals surface area (Å²) in [6.45, 7) is 0. The quantitative estimate of drug-likeness (QED) is 0.221. The van der Waals surface area contributed by atoms with Crippen molar-refractivity contribution in [2.24, 2.45) is 0 Å². The number of nitrogens with zero attached hydrogens (tertiary/aromatic N) is 1. The largest absolute Gasteiger partial charge is 0.423 e. The highest BCUT2D eigenvalue weighted by molar-refractivity contribution is 7.98. The van der Waals surface area contributed by atoms with Crippen molar-refractivity contribution in [3.63, 3.8) is 0 Å². The smallest absolute Gasteiger partial charge is 0.417 e. The Bertz CT molecular complexity index is 1250. The molecule has 0 radical (unpaired) electrons. The molecular formula is C20H11ClF3NO2S. The van der Waals surface area contributed by atoms with Crippen molar-refractivity contribution in [3.05, 3.63) is 81.3 Å². The van der Waals surface area contributed by atoms with Gasteiger partial charge in [-0.15, -0.1) is 11.8 Å². The zero-order valence-corrected chi connectivity index (χ0v) is 15.7. The number of hydrogen-bond donors (Lipinski definition) is 0. The van der Waals surface area contributed by atoms with Gasteiger partial charge in [-0.05, 0) is 28.5 Å². The van der Waals surface area contributed by atoms with E-state index in [0.717, 1.165) is 40.2 Å². The first-order chi connectivity index (χ1) is 13.3. The number of aromatic nitrogens is 1. The maximum absolute atomic E-state index is 12.8. The van der Waals surface area contributed by atoms with Gasteiger partial charge < -0.3 is 4.42 Å². The van der Waals surface area contributed by atoms with Gasteiger partial charge in [-0.1, -0.05) is 41.9 Å². The van der Waals surface area contributed by atoms with Crippen LogP contribution in [0.4, 0.5) is 13.2 Å². The number of pyridine rings is 1. The molecule has 0 fully saturated rings. The lowest BCUT2D eigenvalue weighted by Crippen LogP contribution is -2.05. The first kappa shape index (κ1) is 18.8. The van der Waals surface area contributed by atoms with Gasteiger partial charge >= 0.3 is 11.8 Å². The molecule has 0 N–H and O–H groups in total. The molecule has 0 saturated carbocycles. The van der Waals surface area contributed by atoms with Crippen LogP contribution in [0.2, 0.25) is 5.02 Å². The van der Waals surface area contributed by atoms with E-state index in [1.807, 2.05) is 30.3 Å². The van der Waals surface area contributed by atoms with Gasteiger partial charge in [0.1, 0.15) is 10.6 Å². The summed E-state index contributed by atoms with van der Waals surface area (Å²) in [6.07, 6.45) is -3.76. The molecule has 0 bridgehead atoms. The standard InChI is InChI=1S/C20H11ClF3NO2S/c21-15-8-13(20(22,23)24)9-25-19(15)28-10-12-7-17(26)27-16-6-5-11-3-1-2-4-14(11)18(12)16/h1-9H,10H2. The summed E-state index contributed by atoms with van der Waals surface area (Å²) < 4.78 is 43.6. The molecule has 0 aliphatic carbocycles. The van der Waals surface area contributed by atoms with Gasteiger partial charge in [0.2, 0.25) is 0 Å². The summed E-state index contributed by atoms with van der Waals surface area (Å²) in [4.78, 5) is 15.8. The van der Waals surface area contributed by atoms with Crippen LogP contribution in [0.3, 0.4) is 0 Å². The summed E-state index contributed by atoms with van der Waals surface area (Å²) in [7, 11) is 0. The minimum Gasteiger partial charge on any atom is -0.423 e. The van der Waals surface area contributed by atoms with E-state index in [1.54, 1.807) is 6.07 Å². The Hall–Kier alpha value is -2.51. The van der Waals surface area contributed by atoms with Crippen molar-refractivity contribution in [2.45, 2.75) is 17.0 Å². The minimum atomic E-state index is -4.51. The molecule has 4 rings (SSSR count). The van der Waals surface area contributed by atoms with Crippen LogP contribution >= 0.6 is 23.4 Å². The second-order valence-corrected chi connectivity index (χ2v) is 7.42. The summed E-state index contributed by atoms with van der Waals surface area (Å²) in [5.74, 6) is 0.300. The fourth-order valence-corrected chi connectivity index (χ4v) is 4.14. The fraction of sp³-hybridized carbons (Fsp3) is 0.100. The molecule has 0 spiro atoms. The van der Waals surface area contributed by atoms with Crippen molar-refractivity contribution >= 4 is 45.1 Å². The Labute approximate surface area is 166 Å². The molecule has 0 aliphatic rings. The van der Waals surface area contributed by atoms with Crippen molar-refractivity contribution in [2.75, 3.05) is 0 Å². The van der Waals surface area contributed by atoms with Crippen LogP contribution in [0.15, 0.2) is 69.0 Å². The van der Waals surface area contributed by atoms with E-state index in [2.05, 4.69) is 4.98 Å². The molecule has 0 amide bonds. The average Bonchev–Trinajstić information content (AvgIpc) is 2.65. The monoisotopic (exact) mass is 421 g/mol. The van der Waals surface area contributed by atoms with E-state index in [1.165, 1.54) is 6.07 Å². The summed E-state index contributed by atoms with van der Waals surface area (Å²) in [5, 5.41) is 2.87. The van der Waals surface area contributed by atoms with Gasteiger partial charge in [0.25, 0.3) is 0 Å². The van der Waals surface area contributed by atoms with Gasteiger partial charge in [-0.25, -0.2) is 9.78 Å². The zero-order chi connectivity index (χ0) is 19.9. The van der Waals surface area contributed by atoms with Gasteiger partial charge in [0.05, 0.1) is 10.6 Å². The maximum Gasteiger partial charge on any atom is 0.417 e. The van der Waals surface area contributed by atoms with E-state index in [4.69, 9.17) is 16.0 Å². The Morgan fingerprint density at radius 1 is 1.11 bits per heavy atom. The second kappa shape index (κ2) is 7.14. The van der Waals surface area contributed by atoms with Crippen LogP contribution < -0.4 is 5.63 Å². The SMILES string of the molecule is O=c1cc(CSc2ncc(C(F)(F)F)cc2Cl)c2c(ccc3ccccc32)o1. The number of fused-ring (bicyclic) bond motifs is 3. The topological polar surface area (TPSA) is 43.1 Å². The van der Waals surface area contributed by atoms with E-state index in [0.29, 0.717) is 16.9 Å². The number of halogens is 4. The second-order valence-electron chi connectivity index (χ2n) is 6.05. The lowest BCUT2D eigenvalue weighted by molar-refractivity contribution is -0.137. The highest BCUT2D eigenvalue weighted by Crippen LogP contribution is 2.36. The Morgan fingerprint density at radius 2 is 1.89 bits per heavy atom. The Balaban J connectivity index is 1.74. The third-order valence-electron chi connectivity index (χ3n) is 4.21. The number of alkyl halides is 3. The number of benzene rings is 2. The van der Waals surface area contributed by atoms with Crippen LogP contribution in [0, 0.1) is 0 Å². The first-order valence-electron chi connectivity index (χ1n) is 8.13. The van der Waals surface area contributed by atoms with Gasteiger partial charge in [0, 0.05) is 23.4 Å². The highest BCUT2D eigenvalue weighted by atomic mass is 35.5. The molecule has 8 heteroatoms. The molecule has 2 aromatic carbocycles. The van der Waals surface area contributed by atoms with E-state index in [-0.39, 0.29) is 10.0 Å². The Kier molecular flexibility index (Phi) is 4.81. The van der Waals surface area contributed by atoms with Gasteiger partial charge in [-0.3, -0.25) is 0 Å². The maximum atomic E-state index is 12.8. The van der Waals surface area contributed by atoms with Crippen LogP contribution in [0.25, 0.3) is 21.7 Å². The van der Waals surface area contributed by atoms with Gasteiger partial charge in [-0.2, -0.15) is 13.2 Å². The summed E-state index contributed by atoms with van der Waals surface area (Å²) in [5.41, 5.74) is -0.248. The number of thioether (sulfide) groups is 1. The van der Waals surface area contributed by atoms with E-state index >= 15 is 0 Å². The summed E-state index contributed by atoms with van der Waals surface area (Å²) >= 11 is 7.14. The van der Waals surface area contributed by atoms with Crippen LogP contribution in [0.1, 0.15) is 11.1 Å². The van der Waals surface area contributed by atoms with Crippen molar-refractivity contribution < 1.29 is 17.6 Å². The fourth-order valence-electron chi connectivity index (χ4n) is 2.97. The van der Waals surface area contributed by atoms with Crippen LogP contribution in [0.5, 0.6) is 0 Å². The minimum absolute atomic E-state index is 0.0862. The average molecular weight is 422 g/mol. The van der Waals surface area contributed by atoms with E-state index in [9.17, 15) is 18.0 Å². The third kappa shape index (κ3) is 3.59. The van der Waals surface area contributed by atoms with Crippen molar-refractivity contribution in [3.8, 4) is 0 Å².